The summed E-state index contributed by atoms with van der Waals surface area (Å²) in [7, 11) is 0. The summed E-state index contributed by atoms with van der Waals surface area (Å²) in [5.41, 5.74) is 2.04. The molecule has 0 spiro atoms. The summed E-state index contributed by atoms with van der Waals surface area (Å²) in [6.45, 7) is 5.31. The molecule has 1 amide bonds. The van der Waals surface area contributed by atoms with Gasteiger partial charge in [0, 0.05) is 43.4 Å². The van der Waals surface area contributed by atoms with Crippen LogP contribution in [0, 0.1) is 5.82 Å². The highest BCUT2D eigenvalue weighted by molar-refractivity contribution is 5.89. The number of halogens is 1. The zero-order chi connectivity index (χ0) is 25.1. The van der Waals surface area contributed by atoms with Crippen molar-refractivity contribution >= 4 is 11.8 Å². The fraction of sp³-hybridized carbons (Fsp3) is 0.333. The molecule has 11 nitrogen and oxygen atoms in total. The fourth-order valence-corrected chi connectivity index (χ4v) is 3.99. The number of carbonyl (C=O) groups is 1. The van der Waals surface area contributed by atoms with Crippen molar-refractivity contribution in [1.29, 1.82) is 0 Å². The zero-order valence-electron chi connectivity index (χ0n) is 19.8. The van der Waals surface area contributed by atoms with Crippen LogP contribution >= 0.6 is 0 Å². The highest BCUT2D eigenvalue weighted by Crippen LogP contribution is 2.29. The highest BCUT2D eigenvalue weighted by atomic mass is 19.1. The molecule has 0 radical (unpaired) electrons. The topological polar surface area (TPSA) is 110 Å². The van der Waals surface area contributed by atoms with Gasteiger partial charge in [-0.25, -0.2) is 13.9 Å². The van der Waals surface area contributed by atoms with Gasteiger partial charge in [0.15, 0.2) is 5.76 Å². The van der Waals surface area contributed by atoms with Gasteiger partial charge in [0.2, 0.25) is 6.29 Å². The third kappa shape index (κ3) is 4.86. The molecule has 1 fully saturated rings. The van der Waals surface area contributed by atoms with E-state index in [-0.39, 0.29) is 6.54 Å². The molecular formula is C24H25FN6O5. The van der Waals surface area contributed by atoms with Gasteiger partial charge in [0.05, 0.1) is 30.7 Å². The molecule has 12 heteroatoms. The summed E-state index contributed by atoms with van der Waals surface area (Å²) in [6, 6.07) is 8.15. The minimum atomic E-state index is -0.638. The van der Waals surface area contributed by atoms with Crippen LogP contribution in [-0.4, -0.2) is 56.7 Å². The van der Waals surface area contributed by atoms with Crippen LogP contribution in [0.15, 0.2) is 59.6 Å². The van der Waals surface area contributed by atoms with Crippen molar-refractivity contribution in [3.63, 3.8) is 0 Å². The van der Waals surface area contributed by atoms with Crippen molar-refractivity contribution in [2.24, 2.45) is 0 Å². The van der Waals surface area contributed by atoms with Gasteiger partial charge in [-0.15, -0.1) is 5.10 Å². The maximum atomic E-state index is 15.1. The van der Waals surface area contributed by atoms with E-state index in [4.69, 9.17) is 18.7 Å². The standard InChI is InChI=1S/C24H25FN6O5/c1-3-33-23(34-4-2)22-12-20(27-36-22)16-7-9-29(13-16)21-6-5-17(11-19(21)25)31-15-18(35-24(31)32)14-30-10-8-26-28-30/h5-13,18,23H,3-4,14-15H2,1-2H3/t18-/m0/s1. The van der Waals surface area contributed by atoms with Gasteiger partial charge < -0.3 is 23.3 Å². The Kier molecular flexibility index (Phi) is 6.78. The first kappa shape index (κ1) is 23.7. The first-order chi connectivity index (χ1) is 17.6. The van der Waals surface area contributed by atoms with Crippen molar-refractivity contribution in [2.75, 3.05) is 24.7 Å². The van der Waals surface area contributed by atoms with Crippen LogP contribution < -0.4 is 4.90 Å². The SMILES string of the molecule is CCOC(OCC)c1cc(-c2ccn(-c3ccc(N4C[C@H](Cn5ccnn5)OC4=O)cc3F)c2)no1. The van der Waals surface area contributed by atoms with E-state index in [2.05, 4.69) is 15.5 Å². The number of aromatic nitrogens is 5. The van der Waals surface area contributed by atoms with E-state index < -0.39 is 24.3 Å². The summed E-state index contributed by atoms with van der Waals surface area (Å²) < 4.78 is 40.2. The molecule has 1 aliphatic heterocycles. The lowest BCUT2D eigenvalue weighted by atomic mass is 10.2. The smallest absolute Gasteiger partial charge is 0.414 e. The lowest BCUT2D eigenvalue weighted by Crippen LogP contribution is -2.26. The molecule has 0 unspecified atom stereocenters. The second-order valence-electron chi connectivity index (χ2n) is 8.04. The molecule has 1 saturated heterocycles. The molecule has 188 valence electrons. The van der Waals surface area contributed by atoms with Crippen LogP contribution in [-0.2, 0) is 20.8 Å². The largest absolute Gasteiger partial charge is 0.442 e. The molecule has 4 heterocycles. The quantitative estimate of drug-likeness (QED) is 0.304. The average molecular weight is 496 g/mol. The Morgan fingerprint density at radius 1 is 1.17 bits per heavy atom. The summed E-state index contributed by atoms with van der Waals surface area (Å²) in [5.74, 6) is -0.0348. The molecule has 3 aromatic heterocycles. The highest BCUT2D eigenvalue weighted by Gasteiger charge is 2.33. The molecule has 36 heavy (non-hydrogen) atoms. The summed E-state index contributed by atoms with van der Waals surface area (Å²) in [6.07, 6.45) is 5.13. The Hall–Kier alpha value is -4.03. The zero-order valence-corrected chi connectivity index (χ0v) is 19.8. The van der Waals surface area contributed by atoms with Crippen molar-refractivity contribution in [1.82, 2.24) is 24.7 Å². The second-order valence-corrected chi connectivity index (χ2v) is 8.04. The molecule has 1 aromatic carbocycles. The van der Waals surface area contributed by atoms with Crippen molar-refractivity contribution in [3.8, 4) is 16.9 Å². The van der Waals surface area contributed by atoms with Gasteiger partial charge in [-0.1, -0.05) is 10.4 Å². The number of cyclic esters (lactones) is 1. The molecule has 0 bridgehead atoms. The number of anilines is 1. The van der Waals surface area contributed by atoms with Crippen LogP contribution in [0.4, 0.5) is 14.9 Å². The van der Waals surface area contributed by atoms with Crippen molar-refractivity contribution < 1.29 is 27.9 Å². The van der Waals surface area contributed by atoms with Gasteiger partial charge in [-0.05, 0) is 38.1 Å². The fourth-order valence-electron chi connectivity index (χ4n) is 3.99. The van der Waals surface area contributed by atoms with E-state index in [1.165, 1.54) is 11.0 Å². The minimum absolute atomic E-state index is 0.282. The second kappa shape index (κ2) is 10.3. The van der Waals surface area contributed by atoms with E-state index >= 15 is 4.39 Å². The molecule has 1 aliphatic rings. The van der Waals surface area contributed by atoms with Crippen molar-refractivity contribution in [2.45, 2.75) is 32.8 Å². The number of carbonyl (C=O) groups excluding carboxylic acids is 1. The molecule has 0 N–H and O–H groups in total. The Labute approximate surface area is 205 Å². The molecule has 5 rings (SSSR count). The number of rotatable bonds is 10. The predicted octanol–water partition coefficient (Wildman–Crippen LogP) is 3.96. The van der Waals surface area contributed by atoms with Gasteiger partial charge in [0.25, 0.3) is 0 Å². The summed E-state index contributed by atoms with van der Waals surface area (Å²) in [5, 5.41) is 11.7. The monoisotopic (exact) mass is 496 g/mol. The number of nitrogens with zero attached hydrogens (tertiary/aromatic N) is 6. The van der Waals surface area contributed by atoms with Crippen molar-refractivity contribution in [3.05, 3.63) is 66.7 Å². The Bertz CT molecular complexity index is 1310. The Balaban J connectivity index is 1.30. The molecule has 1 atom stereocenters. The van der Waals surface area contributed by atoms with Crippen LogP contribution in [0.5, 0.6) is 0 Å². The van der Waals surface area contributed by atoms with Crippen LogP contribution in [0.2, 0.25) is 0 Å². The van der Waals surface area contributed by atoms with Crippen LogP contribution in [0.3, 0.4) is 0 Å². The number of hydrogen-bond donors (Lipinski definition) is 0. The molecule has 0 saturated carbocycles. The molecule has 4 aromatic rings. The van der Waals surface area contributed by atoms with Gasteiger partial charge in [0.1, 0.15) is 17.6 Å². The van der Waals surface area contributed by atoms with Gasteiger partial charge >= 0.3 is 6.09 Å². The van der Waals surface area contributed by atoms with Crippen LogP contribution in [0.25, 0.3) is 16.9 Å². The normalized spacial score (nSPS) is 15.7. The van der Waals surface area contributed by atoms with Gasteiger partial charge in [-0.3, -0.25) is 4.90 Å². The first-order valence-electron chi connectivity index (χ1n) is 11.6. The Morgan fingerprint density at radius 3 is 2.72 bits per heavy atom. The lowest BCUT2D eigenvalue weighted by Gasteiger charge is -2.14. The third-order valence-corrected chi connectivity index (χ3v) is 5.64. The third-order valence-electron chi connectivity index (χ3n) is 5.64. The maximum absolute atomic E-state index is 15.1. The molecular weight excluding hydrogens is 471 g/mol. The van der Waals surface area contributed by atoms with Gasteiger partial charge in [-0.2, -0.15) is 0 Å². The minimum Gasteiger partial charge on any atom is -0.442 e. The van der Waals surface area contributed by atoms with E-state index in [1.807, 2.05) is 13.8 Å². The van der Waals surface area contributed by atoms with E-state index in [0.29, 0.717) is 42.6 Å². The van der Waals surface area contributed by atoms with Crippen LogP contribution in [0.1, 0.15) is 25.9 Å². The number of amides is 1. The molecule has 0 aliphatic carbocycles. The number of benzene rings is 1. The lowest BCUT2D eigenvalue weighted by molar-refractivity contribution is -0.152. The summed E-state index contributed by atoms with van der Waals surface area (Å²) >= 11 is 0. The van der Waals surface area contributed by atoms with E-state index in [0.717, 1.165) is 5.56 Å². The van der Waals surface area contributed by atoms with E-state index in [1.54, 1.807) is 58.3 Å². The number of hydrogen-bond acceptors (Lipinski definition) is 8. The Morgan fingerprint density at radius 2 is 2.00 bits per heavy atom. The average Bonchev–Trinajstić information content (AvgIpc) is 3.66. The summed E-state index contributed by atoms with van der Waals surface area (Å²) in [4.78, 5) is 13.8. The van der Waals surface area contributed by atoms with E-state index in [9.17, 15) is 4.79 Å². The predicted molar refractivity (Wildman–Crippen MR) is 125 cm³/mol. The maximum Gasteiger partial charge on any atom is 0.414 e. The number of ether oxygens (including phenoxy) is 3. The first-order valence-corrected chi connectivity index (χ1v) is 11.6.